The van der Waals surface area contributed by atoms with Crippen LogP contribution in [0.5, 0.6) is 0 Å². The van der Waals surface area contributed by atoms with E-state index in [1.54, 1.807) is 31.5 Å². The number of nitrogens with zero attached hydrogens (tertiary/aromatic N) is 4. The number of hydrogen-bond donors (Lipinski definition) is 1. The molecule has 1 aliphatic heterocycles. The molecule has 1 N–H and O–H groups in total. The monoisotopic (exact) mass is 385 g/mol. The topological polar surface area (TPSA) is 89.3 Å². The van der Waals surface area contributed by atoms with E-state index in [0.717, 1.165) is 36.9 Å². The fraction of sp³-hybridized carbons (Fsp3) is 0.500. The summed E-state index contributed by atoms with van der Waals surface area (Å²) in [5.41, 5.74) is 2.39. The first-order chi connectivity index (χ1) is 13.6. The van der Waals surface area contributed by atoms with Gasteiger partial charge in [-0.2, -0.15) is 0 Å². The lowest BCUT2D eigenvalue weighted by Gasteiger charge is -2.19. The molecular formula is C20H27N5O3. The number of ether oxygens (including phenoxy) is 1. The number of methoxy groups -OCH3 is 1. The largest absolute Gasteiger partial charge is 0.383 e. The zero-order valence-electron chi connectivity index (χ0n) is 16.5. The number of imidazole rings is 1. The summed E-state index contributed by atoms with van der Waals surface area (Å²) in [6.07, 6.45) is 6.97. The molecule has 0 spiro atoms. The van der Waals surface area contributed by atoms with Crippen LogP contribution in [0.25, 0.3) is 0 Å². The summed E-state index contributed by atoms with van der Waals surface area (Å²) >= 11 is 0. The lowest BCUT2D eigenvalue weighted by Crippen LogP contribution is -2.30. The van der Waals surface area contributed by atoms with Gasteiger partial charge in [0.15, 0.2) is 5.82 Å². The quantitative estimate of drug-likeness (QED) is 0.692. The number of fused-ring (bicyclic) bond motifs is 1. The van der Waals surface area contributed by atoms with Crippen LogP contribution in [-0.2, 0) is 24.1 Å². The molecule has 0 saturated carbocycles. The van der Waals surface area contributed by atoms with E-state index in [-0.39, 0.29) is 11.8 Å². The predicted molar refractivity (Wildman–Crippen MR) is 104 cm³/mol. The average Bonchev–Trinajstić information content (AvgIpc) is 3.12. The van der Waals surface area contributed by atoms with E-state index in [0.29, 0.717) is 37.8 Å². The van der Waals surface area contributed by atoms with Crippen LogP contribution in [-0.4, -0.2) is 65.1 Å². The molecule has 0 bridgehead atoms. The number of hydrogen-bond acceptors (Lipinski definition) is 5. The number of amides is 2. The van der Waals surface area contributed by atoms with Crippen molar-refractivity contribution in [2.24, 2.45) is 0 Å². The van der Waals surface area contributed by atoms with Crippen molar-refractivity contribution < 1.29 is 14.3 Å². The van der Waals surface area contributed by atoms with Crippen LogP contribution in [0.3, 0.4) is 0 Å². The Morgan fingerprint density at radius 1 is 1.29 bits per heavy atom. The maximum Gasteiger partial charge on any atom is 0.287 e. The maximum atomic E-state index is 13.0. The fourth-order valence-corrected chi connectivity index (χ4v) is 3.36. The number of carbonyl (C=O) groups excluding carboxylic acids is 2. The number of carbonyl (C=O) groups is 2. The van der Waals surface area contributed by atoms with Crippen LogP contribution in [0.1, 0.15) is 45.2 Å². The molecule has 8 nitrogen and oxygen atoms in total. The first-order valence-corrected chi connectivity index (χ1v) is 9.62. The average molecular weight is 385 g/mol. The van der Waals surface area contributed by atoms with Gasteiger partial charge in [-0.1, -0.05) is 0 Å². The molecule has 1 aliphatic rings. The summed E-state index contributed by atoms with van der Waals surface area (Å²) < 4.78 is 6.87. The second kappa shape index (κ2) is 9.45. The Morgan fingerprint density at radius 3 is 2.82 bits per heavy atom. The van der Waals surface area contributed by atoms with Crippen molar-refractivity contribution in [1.82, 2.24) is 24.8 Å². The zero-order chi connectivity index (χ0) is 19.9. The highest BCUT2D eigenvalue weighted by molar-refractivity contribution is 5.97. The summed E-state index contributed by atoms with van der Waals surface area (Å²) in [5, 5.41) is 2.80. The highest BCUT2D eigenvalue weighted by Crippen LogP contribution is 2.22. The molecule has 0 radical (unpaired) electrons. The highest BCUT2D eigenvalue weighted by atomic mass is 16.5. The van der Waals surface area contributed by atoms with Crippen LogP contribution in [0.4, 0.5) is 0 Å². The Morgan fingerprint density at radius 2 is 2.07 bits per heavy atom. The van der Waals surface area contributed by atoms with Crippen LogP contribution in [0.2, 0.25) is 0 Å². The molecule has 2 aromatic heterocycles. The number of likely N-dealkylation sites (N-methyl/N-ethyl adjacent to an activating group) is 1. The Labute approximate surface area is 164 Å². The van der Waals surface area contributed by atoms with Crippen LogP contribution < -0.4 is 5.32 Å². The van der Waals surface area contributed by atoms with Crippen LogP contribution in [0, 0.1) is 0 Å². The molecule has 0 unspecified atom stereocenters. The number of rotatable bonds is 8. The standard InChI is InChI=1S/C20H27N5O3/c1-24(13-8-15-6-9-21-10-7-15)20(27)17-16-5-3-4-12-25(16)18(23-17)19(26)22-11-14-28-2/h6-7,9-10H,3-5,8,11-14H2,1-2H3,(H,22,26). The number of pyridine rings is 1. The summed E-state index contributed by atoms with van der Waals surface area (Å²) in [7, 11) is 3.36. The first-order valence-electron chi connectivity index (χ1n) is 9.62. The lowest BCUT2D eigenvalue weighted by molar-refractivity contribution is 0.0789. The Hall–Kier alpha value is -2.74. The Kier molecular flexibility index (Phi) is 6.76. The molecule has 0 saturated heterocycles. The minimum absolute atomic E-state index is 0.143. The third-order valence-electron chi connectivity index (χ3n) is 4.95. The van der Waals surface area contributed by atoms with Crippen molar-refractivity contribution in [2.75, 3.05) is 33.9 Å². The van der Waals surface area contributed by atoms with Gasteiger partial charge in [-0.15, -0.1) is 0 Å². The molecule has 8 heteroatoms. The van der Waals surface area contributed by atoms with Gasteiger partial charge in [0.05, 0.1) is 12.3 Å². The van der Waals surface area contributed by atoms with Gasteiger partial charge in [0.2, 0.25) is 0 Å². The molecule has 28 heavy (non-hydrogen) atoms. The summed E-state index contributed by atoms with van der Waals surface area (Å²) in [4.78, 5) is 35.7. The van der Waals surface area contributed by atoms with Gasteiger partial charge in [-0.25, -0.2) is 4.98 Å². The SMILES string of the molecule is COCCNC(=O)c1nc(C(=O)N(C)CCc2ccncc2)c2n1CCCC2. The van der Waals surface area contributed by atoms with E-state index in [2.05, 4.69) is 15.3 Å². The summed E-state index contributed by atoms with van der Waals surface area (Å²) in [6.45, 7) is 2.13. The van der Waals surface area contributed by atoms with Gasteiger partial charge in [-0.05, 0) is 43.4 Å². The van der Waals surface area contributed by atoms with E-state index in [9.17, 15) is 9.59 Å². The molecule has 2 aromatic rings. The maximum absolute atomic E-state index is 13.0. The van der Waals surface area contributed by atoms with E-state index >= 15 is 0 Å². The summed E-state index contributed by atoms with van der Waals surface area (Å²) in [6, 6.07) is 3.89. The molecule has 0 fully saturated rings. The minimum atomic E-state index is -0.265. The van der Waals surface area contributed by atoms with Gasteiger partial charge in [0.25, 0.3) is 11.8 Å². The molecule has 0 aromatic carbocycles. The molecule has 2 amide bonds. The van der Waals surface area contributed by atoms with Crippen molar-refractivity contribution >= 4 is 11.8 Å². The third-order valence-corrected chi connectivity index (χ3v) is 4.95. The van der Waals surface area contributed by atoms with Gasteiger partial charge in [0.1, 0.15) is 5.69 Å². The van der Waals surface area contributed by atoms with E-state index in [1.165, 1.54) is 0 Å². The van der Waals surface area contributed by atoms with Gasteiger partial charge in [0, 0.05) is 46.2 Å². The minimum Gasteiger partial charge on any atom is -0.383 e. The molecular weight excluding hydrogens is 358 g/mol. The molecule has 0 aliphatic carbocycles. The van der Waals surface area contributed by atoms with Crippen molar-refractivity contribution in [3.63, 3.8) is 0 Å². The van der Waals surface area contributed by atoms with Crippen molar-refractivity contribution in [3.8, 4) is 0 Å². The van der Waals surface area contributed by atoms with Crippen molar-refractivity contribution in [2.45, 2.75) is 32.2 Å². The zero-order valence-corrected chi connectivity index (χ0v) is 16.5. The Balaban J connectivity index is 1.74. The first kappa shape index (κ1) is 20.0. The van der Waals surface area contributed by atoms with E-state index in [1.807, 2.05) is 16.7 Å². The smallest absolute Gasteiger partial charge is 0.287 e. The highest BCUT2D eigenvalue weighted by Gasteiger charge is 2.28. The Bertz CT molecular complexity index is 819. The second-order valence-electron chi connectivity index (χ2n) is 6.92. The van der Waals surface area contributed by atoms with Crippen molar-refractivity contribution in [1.29, 1.82) is 0 Å². The van der Waals surface area contributed by atoms with E-state index in [4.69, 9.17) is 4.74 Å². The van der Waals surface area contributed by atoms with Gasteiger partial charge < -0.3 is 19.5 Å². The predicted octanol–water partition coefficient (Wildman–Crippen LogP) is 1.31. The summed E-state index contributed by atoms with van der Waals surface area (Å²) in [5.74, 6) is -0.0916. The third kappa shape index (κ3) is 4.56. The number of aromatic nitrogens is 3. The second-order valence-corrected chi connectivity index (χ2v) is 6.92. The molecule has 3 rings (SSSR count). The fourth-order valence-electron chi connectivity index (χ4n) is 3.36. The molecule has 150 valence electrons. The van der Waals surface area contributed by atoms with Gasteiger partial charge >= 0.3 is 0 Å². The van der Waals surface area contributed by atoms with E-state index < -0.39 is 0 Å². The van der Waals surface area contributed by atoms with Gasteiger partial charge in [-0.3, -0.25) is 14.6 Å². The van der Waals surface area contributed by atoms with Crippen molar-refractivity contribution in [3.05, 3.63) is 47.3 Å². The van der Waals surface area contributed by atoms with Crippen LogP contribution in [0.15, 0.2) is 24.5 Å². The van der Waals surface area contributed by atoms with Crippen LogP contribution >= 0.6 is 0 Å². The normalized spacial score (nSPS) is 13.1. The number of nitrogens with one attached hydrogen (secondary N) is 1. The molecule has 3 heterocycles. The molecule has 0 atom stereocenters. The lowest BCUT2D eigenvalue weighted by atomic mass is 10.1.